The van der Waals surface area contributed by atoms with Gasteiger partial charge in [-0.2, -0.15) is 0 Å². The van der Waals surface area contributed by atoms with Gasteiger partial charge in [-0.25, -0.2) is 0 Å². The lowest BCUT2D eigenvalue weighted by Crippen LogP contribution is -2.02. The Morgan fingerprint density at radius 1 is 0.920 bits per heavy atom. The van der Waals surface area contributed by atoms with Crippen LogP contribution in [0.5, 0.6) is 0 Å². The van der Waals surface area contributed by atoms with E-state index in [0.29, 0.717) is 16.1 Å². The van der Waals surface area contributed by atoms with Gasteiger partial charge < -0.3 is 4.98 Å². The molecule has 0 unspecified atom stereocenters. The van der Waals surface area contributed by atoms with Crippen molar-refractivity contribution >= 4 is 28.3 Å². The number of ketones is 1. The monoisotopic (exact) mass is 345 g/mol. The number of carbonyl (C=O) groups is 1. The van der Waals surface area contributed by atoms with Crippen LogP contribution < -0.4 is 0 Å². The highest BCUT2D eigenvalue weighted by Crippen LogP contribution is 2.33. The van der Waals surface area contributed by atoms with Crippen molar-refractivity contribution in [3.05, 3.63) is 94.5 Å². The standard InChI is InChI=1S/C22H16ClNO/c1-14-7-12-19-18(13-14)20(21(24-19)15-5-3-2-4-6-15)22(25)16-8-10-17(23)11-9-16/h2-13,24H,1H3. The largest absolute Gasteiger partial charge is 0.354 e. The third-order valence-electron chi connectivity index (χ3n) is 4.35. The van der Waals surface area contributed by atoms with Crippen LogP contribution in [0, 0.1) is 6.92 Å². The van der Waals surface area contributed by atoms with Gasteiger partial charge >= 0.3 is 0 Å². The minimum atomic E-state index is -0.00707. The topological polar surface area (TPSA) is 32.9 Å². The molecule has 0 amide bonds. The number of hydrogen-bond donors (Lipinski definition) is 1. The molecule has 0 fully saturated rings. The van der Waals surface area contributed by atoms with Crippen LogP contribution in [-0.4, -0.2) is 10.8 Å². The van der Waals surface area contributed by atoms with Crippen molar-refractivity contribution < 1.29 is 4.79 Å². The maximum absolute atomic E-state index is 13.3. The first kappa shape index (κ1) is 15.7. The van der Waals surface area contributed by atoms with E-state index in [9.17, 15) is 4.79 Å². The number of halogens is 1. The zero-order valence-corrected chi connectivity index (χ0v) is 14.5. The quantitative estimate of drug-likeness (QED) is 0.452. The first-order valence-electron chi connectivity index (χ1n) is 8.11. The first-order chi connectivity index (χ1) is 12.1. The van der Waals surface area contributed by atoms with Crippen LogP contribution in [0.1, 0.15) is 21.5 Å². The molecule has 3 heteroatoms. The molecule has 0 aliphatic heterocycles. The van der Waals surface area contributed by atoms with E-state index in [1.807, 2.05) is 49.4 Å². The molecule has 0 aliphatic carbocycles. The third kappa shape index (κ3) is 2.86. The number of H-pyrrole nitrogens is 1. The van der Waals surface area contributed by atoms with Gasteiger partial charge in [0.25, 0.3) is 0 Å². The number of benzene rings is 3. The lowest BCUT2D eigenvalue weighted by molar-refractivity contribution is 0.104. The van der Waals surface area contributed by atoms with E-state index in [0.717, 1.165) is 27.7 Å². The van der Waals surface area contributed by atoms with Crippen molar-refractivity contribution in [2.75, 3.05) is 0 Å². The minimum Gasteiger partial charge on any atom is -0.354 e. The molecule has 122 valence electrons. The van der Waals surface area contributed by atoms with Gasteiger partial charge in [0.05, 0.1) is 11.3 Å². The molecule has 0 aliphatic rings. The van der Waals surface area contributed by atoms with Gasteiger partial charge in [0.15, 0.2) is 5.78 Å². The number of carbonyl (C=O) groups excluding carboxylic acids is 1. The normalized spacial score (nSPS) is 11.0. The zero-order valence-electron chi connectivity index (χ0n) is 13.7. The number of aromatic nitrogens is 1. The number of aryl methyl sites for hydroxylation is 1. The lowest BCUT2D eigenvalue weighted by Gasteiger charge is -2.05. The molecule has 1 heterocycles. The second kappa shape index (κ2) is 6.23. The third-order valence-corrected chi connectivity index (χ3v) is 4.60. The van der Waals surface area contributed by atoms with Gasteiger partial charge in [-0.3, -0.25) is 4.79 Å². The molecule has 3 aromatic carbocycles. The molecule has 2 nitrogen and oxygen atoms in total. The highest BCUT2D eigenvalue weighted by Gasteiger charge is 2.21. The molecular weight excluding hydrogens is 330 g/mol. The van der Waals surface area contributed by atoms with Crippen molar-refractivity contribution in [2.24, 2.45) is 0 Å². The molecule has 0 saturated carbocycles. The summed E-state index contributed by atoms with van der Waals surface area (Å²) >= 11 is 5.97. The summed E-state index contributed by atoms with van der Waals surface area (Å²) in [4.78, 5) is 16.7. The molecule has 4 aromatic rings. The molecule has 0 atom stereocenters. The first-order valence-corrected chi connectivity index (χ1v) is 8.49. The SMILES string of the molecule is Cc1ccc2[nH]c(-c3ccccc3)c(C(=O)c3ccc(Cl)cc3)c2c1. The van der Waals surface area contributed by atoms with Crippen molar-refractivity contribution in [3.8, 4) is 11.3 Å². The van der Waals surface area contributed by atoms with Crippen LogP contribution in [0.25, 0.3) is 22.2 Å². The smallest absolute Gasteiger partial charge is 0.195 e. The van der Waals surface area contributed by atoms with Crippen LogP contribution in [0.3, 0.4) is 0 Å². The molecule has 0 saturated heterocycles. The molecule has 1 aromatic heterocycles. The molecule has 0 spiro atoms. The second-order valence-electron chi connectivity index (χ2n) is 6.13. The molecule has 1 N–H and O–H groups in total. The van der Waals surface area contributed by atoms with Crippen LogP contribution in [0.4, 0.5) is 0 Å². The number of nitrogens with one attached hydrogen (secondary N) is 1. The molecule has 4 rings (SSSR count). The van der Waals surface area contributed by atoms with Gasteiger partial charge in [-0.1, -0.05) is 53.6 Å². The molecular formula is C22H16ClNO. The maximum Gasteiger partial charge on any atom is 0.195 e. The number of rotatable bonds is 3. The van der Waals surface area contributed by atoms with E-state index in [2.05, 4.69) is 11.1 Å². The van der Waals surface area contributed by atoms with E-state index in [1.54, 1.807) is 24.3 Å². The fourth-order valence-electron chi connectivity index (χ4n) is 3.11. The predicted octanol–water partition coefficient (Wildman–Crippen LogP) is 6.03. The Morgan fingerprint density at radius 2 is 1.64 bits per heavy atom. The average molecular weight is 346 g/mol. The highest BCUT2D eigenvalue weighted by atomic mass is 35.5. The van der Waals surface area contributed by atoms with Crippen molar-refractivity contribution in [3.63, 3.8) is 0 Å². The Bertz CT molecular complexity index is 1060. The number of aromatic amines is 1. The maximum atomic E-state index is 13.3. The van der Waals surface area contributed by atoms with Crippen LogP contribution in [0.2, 0.25) is 5.02 Å². The Kier molecular flexibility index (Phi) is 3.90. The van der Waals surface area contributed by atoms with E-state index in [4.69, 9.17) is 11.6 Å². The zero-order chi connectivity index (χ0) is 17.4. The van der Waals surface area contributed by atoms with Gasteiger partial charge in [-0.05, 0) is 48.9 Å². The van der Waals surface area contributed by atoms with E-state index in [1.165, 1.54) is 0 Å². The summed E-state index contributed by atoms with van der Waals surface area (Å²) < 4.78 is 0. The Labute approximate surface area is 151 Å². The van der Waals surface area contributed by atoms with Crippen molar-refractivity contribution in [1.29, 1.82) is 0 Å². The summed E-state index contributed by atoms with van der Waals surface area (Å²) in [5, 5.41) is 1.56. The lowest BCUT2D eigenvalue weighted by atomic mass is 9.97. The number of fused-ring (bicyclic) bond motifs is 1. The van der Waals surface area contributed by atoms with E-state index < -0.39 is 0 Å². The van der Waals surface area contributed by atoms with Gasteiger partial charge in [0.2, 0.25) is 0 Å². The van der Waals surface area contributed by atoms with Crippen molar-refractivity contribution in [1.82, 2.24) is 4.98 Å². The molecule has 0 radical (unpaired) electrons. The number of hydrogen-bond acceptors (Lipinski definition) is 1. The summed E-state index contributed by atoms with van der Waals surface area (Å²) in [6.45, 7) is 2.03. The molecule has 0 bridgehead atoms. The van der Waals surface area contributed by atoms with Crippen molar-refractivity contribution in [2.45, 2.75) is 6.92 Å². The van der Waals surface area contributed by atoms with Gasteiger partial charge in [-0.15, -0.1) is 0 Å². The minimum absolute atomic E-state index is 0.00707. The van der Waals surface area contributed by atoms with E-state index in [-0.39, 0.29) is 5.78 Å². The van der Waals surface area contributed by atoms with E-state index >= 15 is 0 Å². The summed E-state index contributed by atoms with van der Waals surface area (Å²) in [6.07, 6.45) is 0. The van der Waals surface area contributed by atoms with Crippen LogP contribution in [-0.2, 0) is 0 Å². The fourth-order valence-corrected chi connectivity index (χ4v) is 3.23. The van der Waals surface area contributed by atoms with Gasteiger partial charge in [0.1, 0.15) is 0 Å². The fraction of sp³-hybridized carbons (Fsp3) is 0.0455. The Balaban J connectivity index is 1.98. The Hall–Kier alpha value is -2.84. The summed E-state index contributed by atoms with van der Waals surface area (Å²) in [7, 11) is 0. The predicted molar refractivity (Wildman–Crippen MR) is 103 cm³/mol. The summed E-state index contributed by atoms with van der Waals surface area (Å²) in [5.74, 6) is -0.00707. The summed E-state index contributed by atoms with van der Waals surface area (Å²) in [5.41, 5.74) is 5.25. The summed E-state index contributed by atoms with van der Waals surface area (Å²) in [6, 6.07) is 23.1. The Morgan fingerprint density at radius 3 is 2.36 bits per heavy atom. The highest BCUT2D eigenvalue weighted by molar-refractivity contribution is 6.30. The van der Waals surface area contributed by atoms with Gasteiger partial charge in [0, 0.05) is 21.5 Å². The van der Waals surface area contributed by atoms with Crippen LogP contribution in [0.15, 0.2) is 72.8 Å². The second-order valence-corrected chi connectivity index (χ2v) is 6.56. The van der Waals surface area contributed by atoms with Crippen LogP contribution >= 0.6 is 11.6 Å². The average Bonchev–Trinajstić information content (AvgIpc) is 3.01. The molecule has 25 heavy (non-hydrogen) atoms.